The minimum atomic E-state index is -0.363. The van der Waals surface area contributed by atoms with Gasteiger partial charge in [-0.05, 0) is 24.6 Å². The lowest BCUT2D eigenvalue weighted by molar-refractivity contribution is -0.143. The third kappa shape index (κ3) is 5.19. The summed E-state index contributed by atoms with van der Waals surface area (Å²) in [5.41, 5.74) is 0. The lowest BCUT2D eigenvalue weighted by Gasteiger charge is -2.27. The van der Waals surface area contributed by atoms with Crippen LogP contribution < -0.4 is 10.1 Å². The molecule has 1 unspecified atom stereocenters. The van der Waals surface area contributed by atoms with Crippen LogP contribution in [0.15, 0.2) is 24.3 Å². The van der Waals surface area contributed by atoms with Gasteiger partial charge in [0.25, 0.3) is 5.91 Å². The molecule has 1 N–H and O–H groups in total. The number of ether oxygens (including phenoxy) is 2. The van der Waals surface area contributed by atoms with E-state index in [4.69, 9.17) is 21.1 Å². The molecule has 21 heavy (non-hydrogen) atoms. The van der Waals surface area contributed by atoms with E-state index < -0.39 is 0 Å². The van der Waals surface area contributed by atoms with Crippen molar-refractivity contribution in [1.29, 1.82) is 0 Å². The van der Waals surface area contributed by atoms with Crippen LogP contribution in [0.4, 0.5) is 0 Å². The molecule has 1 aliphatic heterocycles. The smallest absolute Gasteiger partial charge is 0.252 e. The molecule has 0 aromatic heterocycles. The standard InChI is InChI=1S/C15H21ClN2O3/c1-18(15(19)14-11-17-6-9-21-14)7-3-8-20-13-5-2-4-12(16)10-13/h2,4-5,10,14,17H,3,6-9,11H2,1H3. The second-order valence-electron chi connectivity index (χ2n) is 4.98. The Morgan fingerprint density at radius 2 is 2.43 bits per heavy atom. The zero-order valence-electron chi connectivity index (χ0n) is 12.2. The lowest BCUT2D eigenvalue weighted by Crippen LogP contribution is -2.48. The molecule has 0 saturated carbocycles. The van der Waals surface area contributed by atoms with Crippen LogP contribution in [0.25, 0.3) is 0 Å². The zero-order chi connectivity index (χ0) is 15.1. The largest absolute Gasteiger partial charge is 0.493 e. The zero-order valence-corrected chi connectivity index (χ0v) is 12.9. The van der Waals surface area contributed by atoms with Crippen LogP contribution in [0.2, 0.25) is 5.02 Å². The average Bonchev–Trinajstić information content (AvgIpc) is 2.51. The fraction of sp³-hybridized carbons (Fsp3) is 0.533. The molecule has 0 radical (unpaired) electrons. The van der Waals surface area contributed by atoms with E-state index in [-0.39, 0.29) is 12.0 Å². The first-order chi connectivity index (χ1) is 10.2. The van der Waals surface area contributed by atoms with Gasteiger partial charge in [-0.15, -0.1) is 0 Å². The van der Waals surface area contributed by atoms with E-state index >= 15 is 0 Å². The van der Waals surface area contributed by atoms with Crippen molar-refractivity contribution in [2.45, 2.75) is 12.5 Å². The van der Waals surface area contributed by atoms with Gasteiger partial charge in [0.05, 0.1) is 13.2 Å². The maximum absolute atomic E-state index is 12.1. The predicted octanol–water partition coefficient (Wildman–Crippen LogP) is 1.56. The molecule has 1 aliphatic rings. The molecule has 1 heterocycles. The third-order valence-corrected chi connectivity index (χ3v) is 3.52. The molecule has 1 aromatic carbocycles. The Hall–Kier alpha value is -1.30. The van der Waals surface area contributed by atoms with Crippen molar-refractivity contribution in [2.75, 3.05) is 39.9 Å². The molecular weight excluding hydrogens is 292 g/mol. The molecule has 6 heteroatoms. The van der Waals surface area contributed by atoms with Crippen molar-refractivity contribution in [3.63, 3.8) is 0 Å². The van der Waals surface area contributed by atoms with Crippen molar-refractivity contribution < 1.29 is 14.3 Å². The van der Waals surface area contributed by atoms with Crippen LogP contribution in [0.1, 0.15) is 6.42 Å². The number of halogens is 1. The first kappa shape index (κ1) is 16.1. The van der Waals surface area contributed by atoms with Crippen LogP contribution >= 0.6 is 11.6 Å². The van der Waals surface area contributed by atoms with Crippen molar-refractivity contribution in [3.8, 4) is 5.75 Å². The van der Waals surface area contributed by atoms with E-state index in [1.165, 1.54) is 0 Å². The van der Waals surface area contributed by atoms with E-state index in [0.29, 0.717) is 31.3 Å². The third-order valence-electron chi connectivity index (χ3n) is 3.28. The van der Waals surface area contributed by atoms with Gasteiger partial charge in [0.15, 0.2) is 0 Å². The maximum atomic E-state index is 12.1. The number of benzene rings is 1. The van der Waals surface area contributed by atoms with Gasteiger partial charge in [0.2, 0.25) is 0 Å². The van der Waals surface area contributed by atoms with Gasteiger partial charge in [0.1, 0.15) is 11.9 Å². The summed E-state index contributed by atoms with van der Waals surface area (Å²) in [5.74, 6) is 0.765. The minimum absolute atomic E-state index is 0.0185. The van der Waals surface area contributed by atoms with Gasteiger partial charge < -0.3 is 19.7 Å². The second-order valence-corrected chi connectivity index (χ2v) is 5.42. The number of carbonyl (C=O) groups is 1. The molecule has 5 nitrogen and oxygen atoms in total. The Balaban J connectivity index is 1.66. The van der Waals surface area contributed by atoms with E-state index in [1.54, 1.807) is 24.1 Å². The van der Waals surface area contributed by atoms with E-state index in [9.17, 15) is 4.79 Å². The Bertz CT molecular complexity index is 464. The predicted molar refractivity (Wildman–Crippen MR) is 81.8 cm³/mol. The molecule has 1 aromatic rings. The molecule has 116 valence electrons. The summed E-state index contributed by atoms with van der Waals surface area (Å²) in [5, 5.41) is 3.81. The Labute approximate surface area is 130 Å². The summed E-state index contributed by atoms with van der Waals surface area (Å²) in [6, 6.07) is 7.29. The van der Waals surface area contributed by atoms with Gasteiger partial charge in [-0.2, -0.15) is 0 Å². The number of likely N-dealkylation sites (N-methyl/N-ethyl adjacent to an activating group) is 1. The first-order valence-corrected chi connectivity index (χ1v) is 7.50. The number of hydrogen-bond donors (Lipinski definition) is 1. The van der Waals surface area contributed by atoms with Crippen molar-refractivity contribution in [2.24, 2.45) is 0 Å². The Morgan fingerprint density at radius 3 is 3.14 bits per heavy atom. The SMILES string of the molecule is CN(CCCOc1cccc(Cl)c1)C(=O)C1CNCCO1. The maximum Gasteiger partial charge on any atom is 0.252 e. The molecule has 0 aliphatic carbocycles. The topological polar surface area (TPSA) is 50.8 Å². The fourth-order valence-electron chi connectivity index (χ4n) is 2.13. The fourth-order valence-corrected chi connectivity index (χ4v) is 2.31. The van der Waals surface area contributed by atoms with Crippen molar-refractivity contribution >= 4 is 17.5 Å². The molecule has 1 amide bonds. The summed E-state index contributed by atoms with van der Waals surface area (Å²) in [6.07, 6.45) is 0.395. The molecule has 1 atom stereocenters. The molecule has 0 bridgehead atoms. The second kappa shape index (κ2) is 8.22. The highest BCUT2D eigenvalue weighted by molar-refractivity contribution is 6.30. The number of hydrogen-bond acceptors (Lipinski definition) is 4. The number of carbonyl (C=O) groups excluding carboxylic acids is 1. The monoisotopic (exact) mass is 312 g/mol. The number of morpholine rings is 1. The van der Waals surface area contributed by atoms with Crippen LogP contribution in [0.5, 0.6) is 5.75 Å². The number of nitrogens with zero attached hydrogens (tertiary/aromatic N) is 1. The highest BCUT2D eigenvalue weighted by atomic mass is 35.5. The number of rotatable bonds is 6. The van der Waals surface area contributed by atoms with Gasteiger partial charge in [0, 0.05) is 31.7 Å². The van der Waals surface area contributed by atoms with E-state index in [2.05, 4.69) is 5.32 Å². The highest BCUT2D eigenvalue weighted by Crippen LogP contribution is 2.17. The molecule has 0 spiro atoms. The van der Waals surface area contributed by atoms with Gasteiger partial charge in [-0.25, -0.2) is 0 Å². The molecule has 1 saturated heterocycles. The quantitative estimate of drug-likeness (QED) is 0.810. The Morgan fingerprint density at radius 1 is 1.57 bits per heavy atom. The Kier molecular flexibility index (Phi) is 6.29. The van der Waals surface area contributed by atoms with E-state index in [0.717, 1.165) is 18.7 Å². The first-order valence-electron chi connectivity index (χ1n) is 7.12. The highest BCUT2D eigenvalue weighted by Gasteiger charge is 2.24. The minimum Gasteiger partial charge on any atom is -0.493 e. The number of amides is 1. The van der Waals surface area contributed by atoms with Crippen molar-refractivity contribution in [1.82, 2.24) is 10.2 Å². The van der Waals surface area contributed by atoms with Crippen LogP contribution in [-0.2, 0) is 9.53 Å². The van der Waals surface area contributed by atoms with Crippen LogP contribution in [0.3, 0.4) is 0 Å². The molecule has 2 rings (SSSR count). The summed E-state index contributed by atoms with van der Waals surface area (Å²) >= 11 is 5.88. The van der Waals surface area contributed by atoms with Crippen LogP contribution in [-0.4, -0.2) is 56.8 Å². The average molecular weight is 313 g/mol. The molecular formula is C15H21ClN2O3. The van der Waals surface area contributed by atoms with Crippen molar-refractivity contribution in [3.05, 3.63) is 29.3 Å². The lowest BCUT2D eigenvalue weighted by atomic mass is 10.2. The van der Waals surface area contributed by atoms with Gasteiger partial charge >= 0.3 is 0 Å². The normalized spacial score (nSPS) is 18.3. The summed E-state index contributed by atoms with van der Waals surface area (Å²) in [6.45, 7) is 3.16. The molecule has 1 fully saturated rings. The summed E-state index contributed by atoms with van der Waals surface area (Å²) < 4.78 is 11.0. The van der Waals surface area contributed by atoms with Gasteiger partial charge in [-0.1, -0.05) is 17.7 Å². The van der Waals surface area contributed by atoms with Gasteiger partial charge in [-0.3, -0.25) is 4.79 Å². The number of nitrogens with one attached hydrogen (secondary N) is 1. The van der Waals surface area contributed by atoms with E-state index in [1.807, 2.05) is 12.1 Å². The van der Waals surface area contributed by atoms with Crippen LogP contribution in [0, 0.1) is 0 Å². The summed E-state index contributed by atoms with van der Waals surface area (Å²) in [4.78, 5) is 13.8. The summed E-state index contributed by atoms with van der Waals surface area (Å²) in [7, 11) is 1.79.